The van der Waals surface area contributed by atoms with Gasteiger partial charge in [0, 0.05) is 37.9 Å². The lowest BCUT2D eigenvalue weighted by Gasteiger charge is -2.34. The molecule has 8 heteroatoms. The molecule has 2 amide bonds. The molecule has 6 rings (SSSR count). The first-order valence-corrected chi connectivity index (χ1v) is 11.8. The summed E-state index contributed by atoms with van der Waals surface area (Å²) >= 11 is 0. The Kier molecular flexibility index (Phi) is 5.71. The van der Waals surface area contributed by atoms with Gasteiger partial charge in [-0.3, -0.25) is 4.90 Å². The van der Waals surface area contributed by atoms with Gasteiger partial charge in [-0.2, -0.15) is 0 Å². The number of hydrogen-bond donors (Lipinski definition) is 1. The number of oxazole rings is 1. The standard InChI is InChI=1S/C27H26N4O4/c32-27(28-21-7-9-24-25(17-21)34-15-14-33-24)31-12-10-30(11-13-31)18-26-29-22-16-20(6-8-23(22)35-26)19-4-2-1-3-5-19/h1-9,16-17H,10-15,18H2,(H,28,32). The molecule has 8 nitrogen and oxygen atoms in total. The Balaban J connectivity index is 1.05. The number of rotatable bonds is 4. The second kappa shape index (κ2) is 9.31. The number of ether oxygens (including phenoxy) is 2. The second-order valence-electron chi connectivity index (χ2n) is 8.71. The van der Waals surface area contributed by atoms with E-state index in [-0.39, 0.29) is 6.03 Å². The van der Waals surface area contributed by atoms with Crippen LogP contribution < -0.4 is 14.8 Å². The van der Waals surface area contributed by atoms with Crippen molar-refractivity contribution in [3.8, 4) is 22.6 Å². The minimum absolute atomic E-state index is 0.114. The summed E-state index contributed by atoms with van der Waals surface area (Å²) in [5.74, 6) is 2.06. The van der Waals surface area contributed by atoms with E-state index in [0.717, 1.165) is 35.3 Å². The highest BCUT2D eigenvalue weighted by molar-refractivity contribution is 5.89. The molecule has 2 aliphatic heterocycles. The fourth-order valence-corrected chi connectivity index (χ4v) is 4.48. The van der Waals surface area contributed by atoms with Crippen molar-refractivity contribution in [1.82, 2.24) is 14.8 Å². The predicted molar refractivity (Wildman–Crippen MR) is 133 cm³/mol. The number of fused-ring (bicyclic) bond motifs is 2. The summed E-state index contributed by atoms with van der Waals surface area (Å²) in [6.45, 7) is 4.45. The van der Waals surface area contributed by atoms with E-state index in [1.54, 1.807) is 6.07 Å². The second-order valence-corrected chi connectivity index (χ2v) is 8.71. The molecule has 2 aliphatic rings. The molecule has 0 atom stereocenters. The van der Waals surface area contributed by atoms with E-state index >= 15 is 0 Å². The Hall–Kier alpha value is -4.04. The molecule has 1 fully saturated rings. The van der Waals surface area contributed by atoms with Crippen LogP contribution in [0.4, 0.5) is 10.5 Å². The topological polar surface area (TPSA) is 80.1 Å². The van der Waals surface area contributed by atoms with E-state index in [4.69, 9.17) is 18.9 Å². The van der Waals surface area contributed by atoms with Crippen LogP contribution in [0.5, 0.6) is 11.5 Å². The minimum atomic E-state index is -0.114. The number of anilines is 1. The maximum atomic E-state index is 12.8. The zero-order chi connectivity index (χ0) is 23.6. The van der Waals surface area contributed by atoms with Crippen LogP contribution in [0, 0.1) is 0 Å². The Labute approximate surface area is 203 Å². The highest BCUT2D eigenvalue weighted by atomic mass is 16.6. The van der Waals surface area contributed by atoms with Gasteiger partial charge in [0.2, 0.25) is 5.89 Å². The quantitative estimate of drug-likeness (QED) is 0.469. The summed E-state index contributed by atoms with van der Waals surface area (Å²) < 4.78 is 17.1. The van der Waals surface area contributed by atoms with Crippen molar-refractivity contribution < 1.29 is 18.7 Å². The molecule has 178 valence electrons. The third-order valence-electron chi connectivity index (χ3n) is 6.35. The maximum Gasteiger partial charge on any atom is 0.321 e. The zero-order valence-corrected chi connectivity index (χ0v) is 19.3. The zero-order valence-electron chi connectivity index (χ0n) is 19.3. The van der Waals surface area contributed by atoms with Gasteiger partial charge >= 0.3 is 6.03 Å². The van der Waals surface area contributed by atoms with Crippen molar-refractivity contribution in [3.05, 3.63) is 72.6 Å². The van der Waals surface area contributed by atoms with Crippen LogP contribution in [0.25, 0.3) is 22.2 Å². The first-order valence-electron chi connectivity index (χ1n) is 11.8. The van der Waals surface area contributed by atoms with Gasteiger partial charge in [0.15, 0.2) is 17.1 Å². The number of aromatic nitrogens is 1. The van der Waals surface area contributed by atoms with Gasteiger partial charge in [-0.05, 0) is 35.4 Å². The molecule has 1 N–H and O–H groups in total. The van der Waals surface area contributed by atoms with Crippen molar-refractivity contribution in [2.75, 3.05) is 44.7 Å². The van der Waals surface area contributed by atoms with E-state index in [1.165, 1.54) is 0 Å². The molecule has 3 heterocycles. The van der Waals surface area contributed by atoms with Gasteiger partial charge in [-0.25, -0.2) is 9.78 Å². The van der Waals surface area contributed by atoms with Crippen LogP contribution in [0.2, 0.25) is 0 Å². The molecule has 1 aromatic heterocycles. The first kappa shape index (κ1) is 21.5. The molecule has 0 bridgehead atoms. The van der Waals surface area contributed by atoms with E-state index in [2.05, 4.69) is 34.5 Å². The Bertz CT molecular complexity index is 1350. The third-order valence-corrected chi connectivity index (χ3v) is 6.35. The van der Waals surface area contributed by atoms with Gasteiger partial charge in [-0.15, -0.1) is 0 Å². The van der Waals surface area contributed by atoms with Crippen LogP contribution in [-0.4, -0.2) is 60.2 Å². The first-order chi connectivity index (χ1) is 17.2. The number of nitrogens with one attached hydrogen (secondary N) is 1. The average molecular weight is 471 g/mol. The van der Waals surface area contributed by atoms with E-state index < -0.39 is 0 Å². The Morgan fingerprint density at radius 1 is 0.857 bits per heavy atom. The molecule has 0 spiro atoms. The van der Waals surface area contributed by atoms with E-state index in [9.17, 15) is 4.79 Å². The normalized spacial score (nSPS) is 15.8. The summed E-state index contributed by atoms with van der Waals surface area (Å²) in [7, 11) is 0. The summed E-state index contributed by atoms with van der Waals surface area (Å²) in [5.41, 5.74) is 4.62. The largest absolute Gasteiger partial charge is 0.486 e. The van der Waals surface area contributed by atoms with Crippen LogP contribution in [0.3, 0.4) is 0 Å². The molecule has 4 aromatic rings. The number of carbonyl (C=O) groups is 1. The summed E-state index contributed by atoms with van der Waals surface area (Å²) in [6.07, 6.45) is 0. The van der Waals surface area contributed by atoms with Gasteiger partial charge in [0.1, 0.15) is 18.7 Å². The van der Waals surface area contributed by atoms with Crippen molar-refractivity contribution in [2.24, 2.45) is 0 Å². The number of benzene rings is 3. The molecule has 3 aromatic carbocycles. The number of hydrogen-bond acceptors (Lipinski definition) is 6. The summed E-state index contributed by atoms with van der Waals surface area (Å²) in [6, 6.07) is 21.7. The van der Waals surface area contributed by atoms with Gasteiger partial charge in [0.25, 0.3) is 0 Å². The van der Waals surface area contributed by atoms with Gasteiger partial charge < -0.3 is 24.1 Å². The fraction of sp³-hybridized carbons (Fsp3) is 0.259. The van der Waals surface area contributed by atoms with Crippen LogP contribution in [0.1, 0.15) is 5.89 Å². The number of carbonyl (C=O) groups excluding carboxylic acids is 1. The molecule has 0 radical (unpaired) electrons. The number of nitrogens with zero attached hydrogens (tertiary/aromatic N) is 3. The van der Waals surface area contributed by atoms with Gasteiger partial charge in [-0.1, -0.05) is 36.4 Å². The van der Waals surface area contributed by atoms with Crippen molar-refractivity contribution >= 4 is 22.8 Å². The molecule has 0 aliphatic carbocycles. The molecular formula is C27H26N4O4. The smallest absolute Gasteiger partial charge is 0.321 e. The predicted octanol–water partition coefficient (Wildman–Crippen LogP) is 4.62. The molecule has 35 heavy (non-hydrogen) atoms. The number of urea groups is 1. The monoisotopic (exact) mass is 470 g/mol. The Morgan fingerprint density at radius 2 is 1.66 bits per heavy atom. The molecule has 1 saturated heterocycles. The summed E-state index contributed by atoms with van der Waals surface area (Å²) in [4.78, 5) is 21.6. The highest BCUT2D eigenvalue weighted by Crippen LogP contribution is 2.32. The van der Waals surface area contributed by atoms with Crippen LogP contribution >= 0.6 is 0 Å². The van der Waals surface area contributed by atoms with Crippen LogP contribution in [-0.2, 0) is 6.54 Å². The number of piperazine rings is 1. The van der Waals surface area contributed by atoms with Crippen molar-refractivity contribution in [3.63, 3.8) is 0 Å². The van der Waals surface area contributed by atoms with Crippen molar-refractivity contribution in [1.29, 1.82) is 0 Å². The maximum absolute atomic E-state index is 12.8. The van der Waals surface area contributed by atoms with Crippen molar-refractivity contribution in [2.45, 2.75) is 6.54 Å². The fourth-order valence-electron chi connectivity index (χ4n) is 4.48. The summed E-state index contributed by atoms with van der Waals surface area (Å²) in [5, 5.41) is 2.96. The lowest BCUT2D eigenvalue weighted by Crippen LogP contribution is -2.49. The lowest BCUT2D eigenvalue weighted by atomic mass is 10.1. The molecule has 0 unspecified atom stereocenters. The highest BCUT2D eigenvalue weighted by Gasteiger charge is 2.23. The van der Waals surface area contributed by atoms with Crippen LogP contribution in [0.15, 0.2) is 71.1 Å². The molecule has 0 saturated carbocycles. The molecular weight excluding hydrogens is 444 g/mol. The minimum Gasteiger partial charge on any atom is -0.486 e. The SMILES string of the molecule is O=C(Nc1ccc2c(c1)OCCO2)N1CCN(Cc2nc3cc(-c4ccccc4)ccc3o2)CC1. The third kappa shape index (κ3) is 4.65. The Morgan fingerprint density at radius 3 is 2.49 bits per heavy atom. The van der Waals surface area contributed by atoms with E-state index in [1.807, 2.05) is 41.3 Å². The lowest BCUT2D eigenvalue weighted by molar-refractivity contribution is 0.136. The number of amides is 2. The average Bonchev–Trinajstić information content (AvgIpc) is 3.31. The van der Waals surface area contributed by atoms with E-state index in [0.29, 0.717) is 55.9 Å². The van der Waals surface area contributed by atoms with Gasteiger partial charge in [0.05, 0.1) is 6.54 Å².